The monoisotopic (exact) mass is 498 g/mol. The third-order valence-electron chi connectivity index (χ3n) is 7.04. The molecule has 1 saturated carbocycles. The van der Waals surface area contributed by atoms with Crippen molar-refractivity contribution in [3.63, 3.8) is 0 Å². The molecule has 3 amide bonds. The normalized spacial score (nSPS) is 21.0. The molecule has 2 N–H and O–H groups in total. The number of aromatic amines is 1. The van der Waals surface area contributed by atoms with Crippen LogP contribution in [0, 0.1) is 11.8 Å². The van der Waals surface area contributed by atoms with Gasteiger partial charge in [-0.25, -0.2) is 4.98 Å². The molecule has 3 aromatic rings. The second-order valence-electron chi connectivity index (χ2n) is 9.35. The number of nitrogens with zero attached hydrogens (tertiary/aromatic N) is 2. The van der Waals surface area contributed by atoms with Crippen molar-refractivity contribution < 1.29 is 27.6 Å². The lowest BCUT2D eigenvalue weighted by Crippen LogP contribution is -2.36. The van der Waals surface area contributed by atoms with E-state index in [-0.39, 0.29) is 53.6 Å². The number of alkyl halides is 3. The number of rotatable bonds is 6. The zero-order valence-electron chi connectivity index (χ0n) is 19.3. The van der Waals surface area contributed by atoms with Gasteiger partial charge in [0.25, 0.3) is 0 Å². The lowest BCUT2D eigenvalue weighted by Gasteiger charge is -2.21. The van der Waals surface area contributed by atoms with Crippen LogP contribution in [0.2, 0.25) is 0 Å². The number of benzene rings is 2. The van der Waals surface area contributed by atoms with E-state index in [9.17, 15) is 27.6 Å². The van der Waals surface area contributed by atoms with Gasteiger partial charge in [-0.05, 0) is 36.1 Å². The van der Waals surface area contributed by atoms with Crippen LogP contribution in [-0.4, -0.2) is 39.1 Å². The summed E-state index contributed by atoms with van der Waals surface area (Å²) >= 11 is 0. The number of amides is 3. The number of likely N-dealkylation sites (tertiary alicyclic amines) is 1. The average molecular weight is 499 g/mol. The predicted octanol–water partition coefficient (Wildman–Crippen LogP) is 4.35. The topological polar surface area (TPSA) is 95.2 Å². The molecule has 36 heavy (non-hydrogen) atoms. The average Bonchev–Trinajstić information content (AvgIpc) is 3.41. The zero-order chi connectivity index (χ0) is 25.4. The molecule has 1 saturated heterocycles. The first-order valence-electron chi connectivity index (χ1n) is 12.0. The lowest BCUT2D eigenvalue weighted by molar-refractivity contribution is -0.144. The number of aromatic nitrogens is 2. The number of imide groups is 1. The molecular weight excluding hydrogens is 473 g/mol. The van der Waals surface area contributed by atoms with Crippen LogP contribution in [-0.2, 0) is 20.6 Å². The van der Waals surface area contributed by atoms with Crippen LogP contribution in [0.3, 0.4) is 0 Å². The van der Waals surface area contributed by atoms with Gasteiger partial charge in [0.2, 0.25) is 23.5 Å². The minimum atomic E-state index is -4.60. The number of hydrogen-bond acceptors (Lipinski definition) is 4. The standard InChI is InChI=1S/C26H25F3N4O3/c27-26(28,29)25-30-19-11-10-16(14-20(19)31-25)22(15-6-2-1-3-7-15)32-21(34)12-13-33-23(35)17-8-4-5-9-18(17)24(33)36/h1-3,6-7,10-11,14,17-18,22H,4-5,8-9,12-13H2,(H,30,31)(H,32,34). The van der Waals surface area contributed by atoms with Gasteiger partial charge < -0.3 is 10.3 Å². The molecular formula is C26H25F3N4O3. The van der Waals surface area contributed by atoms with Gasteiger partial charge in [0.15, 0.2) is 0 Å². The summed E-state index contributed by atoms with van der Waals surface area (Å²) in [7, 11) is 0. The summed E-state index contributed by atoms with van der Waals surface area (Å²) < 4.78 is 39.3. The van der Waals surface area contributed by atoms with Gasteiger partial charge in [0.1, 0.15) is 0 Å². The van der Waals surface area contributed by atoms with Crippen LogP contribution in [0.4, 0.5) is 13.2 Å². The van der Waals surface area contributed by atoms with Gasteiger partial charge in [-0.1, -0.05) is 49.2 Å². The number of hydrogen-bond donors (Lipinski definition) is 2. The van der Waals surface area contributed by atoms with Crippen LogP contribution >= 0.6 is 0 Å². The molecule has 0 spiro atoms. The Morgan fingerprint density at radius 1 is 1.03 bits per heavy atom. The molecule has 1 aliphatic heterocycles. The second-order valence-corrected chi connectivity index (χ2v) is 9.35. The van der Waals surface area contributed by atoms with E-state index in [1.807, 2.05) is 18.2 Å². The number of halogens is 3. The summed E-state index contributed by atoms with van der Waals surface area (Å²) in [5, 5.41) is 2.92. The number of imidazole rings is 1. The van der Waals surface area contributed by atoms with Gasteiger partial charge in [-0.15, -0.1) is 0 Å². The van der Waals surface area contributed by atoms with Crippen LogP contribution in [0.25, 0.3) is 11.0 Å². The Kier molecular flexibility index (Phi) is 6.27. The first-order chi connectivity index (χ1) is 17.2. The van der Waals surface area contributed by atoms with Gasteiger partial charge in [-0.3, -0.25) is 19.3 Å². The third-order valence-corrected chi connectivity index (χ3v) is 7.04. The lowest BCUT2D eigenvalue weighted by atomic mass is 9.81. The Morgan fingerprint density at radius 2 is 1.69 bits per heavy atom. The first kappa shape index (κ1) is 24.0. The van der Waals surface area contributed by atoms with E-state index in [1.54, 1.807) is 18.2 Å². The van der Waals surface area contributed by atoms with Crippen LogP contribution in [0.15, 0.2) is 48.5 Å². The van der Waals surface area contributed by atoms with Gasteiger partial charge in [0, 0.05) is 13.0 Å². The molecule has 2 aromatic carbocycles. The van der Waals surface area contributed by atoms with E-state index in [0.29, 0.717) is 18.4 Å². The van der Waals surface area contributed by atoms with E-state index in [0.717, 1.165) is 18.4 Å². The molecule has 10 heteroatoms. The fourth-order valence-electron chi connectivity index (χ4n) is 5.24. The molecule has 3 atom stereocenters. The highest BCUT2D eigenvalue weighted by molar-refractivity contribution is 6.05. The van der Waals surface area contributed by atoms with Gasteiger partial charge >= 0.3 is 6.18 Å². The molecule has 188 valence electrons. The van der Waals surface area contributed by atoms with Crippen molar-refractivity contribution in [1.29, 1.82) is 0 Å². The molecule has 2 fully saturated rings. The Hall–Kier alpha value is -3.69. The highest BCUT2D eigenvalue weighted by Gasteiger charge is 2.47. The van der Waals surface area contributed by atoms with Gasteiger partial charge in [0.05, 0.1) is 28.9 Å². The summed E-state index contributed by atoms with van der Waals surface area (Å²) in [4.78, 5) is 45.5. The van der Waals surface area contributed by atoms with Crippen LogP contribution in [0.1, 0.15) is 55.1 Å². The van der Waals surface area contributed by atoms with E-state index < -0.39 is 18.0 Å². The van der Waals surface area contributed by atoms with Gasteiger partial charge in [-0.2, -0.15) is 13.2 Å². The molecule has 2 heterocycles. The summed E-state index contributed by atoms with van der Waals surface area (Å²) in [6.07, 6.45) is -1.39. The van der Waals surface area contributed by atoms with E-state index in [1.165, 1.54) is 17.0 Å². The quantitative estimate of drug-likeness (QED) is 0.494. The Morgan fingerprint density at radius 3 is 2.33 bits per heavy atom. The summed E-state index contributed by atoms with van der Waals surface area (Å²) in [5.74, 6) is -2.39. The summed E-state index contributed by atoms with van der Waals surface area (Å²) in [5.41, 5.74) is 1.67. The number of H-pyrrole nitrogens is 1. The molecule has 3 unspecified atom stereocenters. The Bertz CT molecular complexity index is 1280. The highest BCUT2D eigenvalue weighted by Crippen LogP contribution is 2.38. The first-order valence-corrected chi connectivity index (χ1v) is 12.0. The van der Waals surface area contributed by atoms with Crippen molar-refractivity contribution in [3.05, 3.63) is 65.5 Å². The minimum Gasteiger partial charge on any atom is -0.345 e. The largest absolute Gasteiger partial charge is 0.449 e. The van der Waals surface area contributed by atoms with Crippen molar-refractivity contribution in [1.82, 2.24) is 20.2 Å². The fraction of sp³-hybridized carbons (Fsp3) is 0.385. The molecule has 7 nitrogen and oxygen atoms in total. The predicted molar refractivity (Wildman–Crippen MR) is 124 cm³/mol. The van der Waals surface area contributed by atoms with E-state index in [4.69, 9.17) is 0 Å². The maximum Gasteiger partial charge on any atom is 0.449 e. The molecule has 2 aliphatic rings. The van der Waals surface area contributed by atoms with Crippen molar-refractivity contribution in [2.45, 2.75) is 44.3 Å². The van der Waals surface area contributed by atoms with Crippen molar-refractivity contribution >= 4 is 28.8 Å². The van der Waals surface area contributed by atoms with Crippen molar-refractivity contribution in [2.75, 3.05) is 6.54 Å². The fourth-order valence-corrected chi connectivity index (χ4v) is 5.24. The second kappa shape index (κ2) is 9.40. The van der Waals surface area contributed by atoms with Crippen molar-refractivity contribution in [2.24, 2.45) is 11.8 Å². The summed E-state index contributed by atoms with van der Waals surface area (Å²) in [6.45, 7) is 0.00648. The highest BCUT2D eigenvalue weighted by atomic mass is 19.4. The van der Waals surface area contributed by atoms with Crippen molar-refractivity contribution in [3.8, 4) is 0 Å². The SMILES string of the molecule is O=C(CCN1C(=O)C2CCCCC2C1=O)NC(c1ccccc1)c1ccc2nc(C(F)(F)F)[nH]c2c1. The third kappa shape index (κ3) is 4.59. The Balaban J connectivity index is 1.34. The molecule has 0 radical (unpaired) electrons. The molecule has 1 aromatic heterocycles. The van der Waals surface area contributed by atoms with Crippen LogP contribution < -0.4 is 5.32 Å². The molecule has 5 rings (SSSR count). The smallest absolute Gasteiger partial charge is 0.345 e. The number of fused-ring (bicyclic) bond motifs is 2. The maximum atomic E-state index is 13.1. The zero-order valence-corrected chi connectivity index (χ0v) is 19.3. The Labute approximate surface area is 205 Å². The number of nitrogens with one attached hydrogen (secondary N) is 2. The van der Waals surface area contributed by atoms with Crippen LogP contribution in [0.5, 0.6) is 0 Å². The number of carbonyl (C=O) groups is 3. The number of carbonyl (C=O) groups excluding carboxylic acids is 3. The molecule has 0 bridgehead atoms. The van der Waals surface area contributed by atoms with E-state index in [2.05, 4.69) is 15.3 Å². The van der Waals surface area contributed by atoms with E-state index >= 15 is 0 Å². The molecule has 1 aliphatic carbocycles. The minimum absolute atomic E-state index is 0.00648. The summed E-state index contributed by atoms with van der Waals surface area (Å²) in [6, 6.07) is 13.0. The maximum absolute atomic E-state index is 13.1.